The van der Waals surface area contributed by atoms with Gasteiger partial charge < -0.3 is 14.4 Å². The SMILES string of the molecule is CC(C)Oc1cc(C(F)(F)F)c2c3c(ccc2n1)N(CC(F)(F)F)[C@H](Cc1ccccc1)CO3. The Bertz CT molecular complexity index is 1160. The van der Waals surface area contributed by atoms with Crippen LogP contribution in [0.1, 0.15) is 25.0 Å². The van der Waals surface area contributed by atoms with Crippen molar-refractivity contribution in [3.05, 3.63) is 59.7 Å². The van der Waals surface area contributed by atoms with Crippen molar-refractivity contribution in [3.63, 3.8) is 0 Å². The standard InChI is InChI=1S/C24H22F6N2O2/c1-14(2)34-20-11-17(24(28,29)30)21-18(31-20)8-9-19-22(21)33-12-16(32(19)13-23(25,26)27)10-15-6-4-3-5-7-15/h3-9,11,14,16H,10,12-13H2,1-2H3/t16-/m1/s1. The van der Waals surface area contributed by atoms with Crippen LogP contribution in [0.25, 0.3) is 10.9 Å². The molecule has 0 bridgehead atoms. The predicted molar refractivity (Wildman–Crippen MR) is 115 cm³/mol. The molecule has 1 aliphatic heterocycles. The molecule has 182 valence electrons. The number of fused-ring (bicyclic) bond motifs is 3. The maximum Gasteiger partial charge on any atom is 0.417 e. The van der Waals surface area contributed by atoms with Gasteiger partial charge in [-0.25, -0.2) is 4.98 Å². The summed E-state index contributed by atoms with van der Waals surface area (Å²) in [5, 5.41) is -0.383. The fraction of sp³-hybridized carbons (Fsp3) is 0.375. The van der Waals surface area contributed by atoms with E-state index in [1.807, 2.05) is 0 Å². The van der Waals surface area contributed by atoms with Crippen LogP contribution in [0.15, 0.2) is 48.5 Å². The lowest BCUT2D eigenvalue weighted by atomic mass is 10.00. The topological polar surface area (TPSA) is 34.6 Å². The number of hydrogen-bond acceptors (Lipinski definition) is 4. The lowest BCUT2D eigenvalue weighted by Crippen LogP contribution is -2.48. The Morgan fingerprint density at radius 3 is 2.38 bits per heavy atom. The fourth-order valence-electron chi connectivity index (χ4n) is 4.09. The Morgan fingerprint density at radius 1 is 1.06 bits per heavy atom. The first kappa shape index (κ1) is 24.0. The van der Waals surface area contributed by atoms with Crippen LogP contribution in [0.4, 0.5) is 32.0 Å². The van der Waals surface area contributed by atoms with E-state index in [-0.39, 0.29) is 41.2 Å². The van der Waals surface area contributed by atoms with Gasteiger partial charge in [-0.15, -0.1) is 0 Å². The zero-order valence-corrected chi connectivity index (χ0v) is 18.4. The molecule has 4 nitrogen and oxygen atoms in total. The highest BCUT2D eigenvalue weighted by Gasteiger charge is 2.41. The molecule has 4 rings (SSSR count). The van der Waals surface area contributed by atoms with Crippen molar-refractivity contribution >= 4 is 16.6 Å². The molecular formula is C24H22F6N2O2. The van der Waals surface area contributed by atoms with Crippen molar-refractivity contribution in [3.8, 4) is 11.6 Å². The average Bonchev–Trinajstić information content (AvgIpc) is 2.73. The van der Waals surface area contributed by atoms with E-state index in [1.165, 1.54) is 12.1 Å². The highest BCUT2D eigenvalue weighted by molar-refractivity contribution is 5.95. The molecular weight excluding hydrogens is 462 g/mol. The number of halogens is 6. The van der Waals surface area contributed by atoms with E-state index < -0.39 is 36.6 Å². The average molecular weight is 484 g/mol. The zero-order valence-electron chi connectivity index (χ0n) is 18.4. The maximum atomic E-state index is 14.0. The molecule has 1 atom stereocenters. The first-order chi connectivity index (χ1) is 15.9. The highest BCUT2D eigenvalue weighted by Crippen LogP contribution is 2.47. The second-order valence-corrected chi connectivity index (χ2v) is 8.38. The summed E-state index contributed by atoms with van der Waals surface area (Å²) in [7, 11) is 0. The molecule has 0 N–H and O–H groups in total. The van der Waals surface area contributed by atoms with Crippen LogP contribution in [-0.4, -0.2) is 36.5 Å². The van der Waals surface area contributed by atoms with Crippen LogP contribution < -0.4 is 14.4 Å². The highest BCUT2D eigenvalue weighted by atomic mass is 19.4. The predicted octanol–water partition coefficient (Wildman–Crippen LogP) is 6.41. The molecule has 10 heteroatoms. The third-order valence-electron chi connectivity index (χ3n) is 5.38. The van der Waals surface area contributed by atoms with Gasteiger partial charge in [0.1, 0.15) is 13.2 Å². The molecule has 0 saturated carbocycles. The molecule has 1 aliphatic rings. The van der Waals surface area contributed by atoms with Crippen molar-refractivity contribution in [2.24, 2.45) is 0 Å². The van der Waals surface area contributed by atoms with Crippen molar-refractivity contribution in [2.45, 2.75) is 44.8 Å². The minimum absolute atomic E-state index is 0.0539. The normalized spacial score (nSPS) is 16.5. The van der Waals surface area contributed by atoms with Crippen LogP contribution in [0, 0.1) is 0 Å². The molecule has 1 aromatic heterocycles. The molecule has 0 saturated heterocycles. The lowest BCUT2D eigenvalue weighted by molar-refractivity contribution is -0.136. The zero-order chi connectivity index (χ0) is 24.7. The monoisotopic (exact) mass is 484 g/mol. The Kier molecular flexibility index (Phi) is 6.26. The van der Waals surface area contributed by atoms with E-state index in [4.69, 9.17) is 9.47 Å². The van der Waals surface area contributed by atoms with Crippen LogP contribution in [0.2, 0.25) is 0 Å². The summed E-state index contributed by atoms with van der Waals surface area (Å²) in [6, 6.07) is 11.5. The Morgan fingerprint density at radius 2 is 1.76 bits per heavy atom. The van der Waals surface area contributed by atoms with E-state index in [0.29, 0.717) is 0 Å². The van der Waals surface area contributed by atoms with E-state index in [9.17, 15) is 26.3 Å². The number of ether oxygens (including phenoxy) is 2. The minimum atomic E-state index is -4.80. The van der Waals surface area contributed by atoms with Crippen molar-refractivity contribution < 1.29 is 35.8 Å². The van der Waals surface area contributed by atoms with Gasteiger partial charge in [0.15, 0.2) is 5.75 Å². The van der Waals surface area contributed by atoms with Gasteiger partial charge in [0.25, 0.3) is 0 Å². The molecule has 2 aromatic carbocycles. The van der Waals surface area contributed by atoms with Crippen LogP contribution in [0.5, 0.6) is 11.6 Å². The number of hydrogen-bond donors (Lipinski definition) is 0. The van der Waals surface area contributed by atoms with Crippen molar-refractivity contribution in [1.82, 2.24) is 4.98 Å². The van der Waals surface area contributed by atoms with Gasteiger partial charge in [-0.05, 0) is 38.0 Å². The van der Waals surface area contributed by atoms with Crippen molar-refractivity contribution in [2.75, 3.05) is 18.1 Å². The molecule has 34 heavy (non-hydrogen) atoms. The molecule has 0 aliphatic carbocycles. The first-order valence-electron chi connectivity index (χ1n) is 10.6. The summed E-state index contributed by atoms with van der Waals surface area (Å²) in [4.78, 5) is 5.21. The van der Waals surface area contributed by atoms with Crippen LogP contribution in [-0.2, 0) is 12.6 Å². The molecule has 3 aromatic rings. The lowest BCUT2D eigenvalue weighted by Gasteiger charge is -2.39. The third kappa shape index (κ3) is 5.15. The van der Waals surface area contributed by atoms with Gasteiger partial charge in [0.2, 0.25) is 5.88 Å². The number of pyridine rings is 1. The summed E-state index contributed by atoms with van der Waals surface area (Å²) in [6.07, 6.45) is -9.55. The number of nitrogens with zero attached hydrogens (tertiary/aromatic N) is 2. The number of aromatic nitrogens is 1. The summed E-state index contributed by atoms with van der Waals surface area (Å²) >= 11 is 0. The molecule has 0 spiro atoms. The summed E-state index contributed by atoms with van der Waals surface area (Å²) in [5.74, 6) is -0.485. The van der Waals surface area contributed by atoms with Crippen LogP contribution >= 0.6 is 0 Å². The van der Waals surface area contributed by atoms with Gasteiger partial charge in [0, 0.05) is 6.07 Å². The third-order valence-corrected chi connectivity index (χ3v) is 5.38. The van der Waals surface area contributed by atoms with Gasteiger partial charge in [0.05, 0.1) is 34.3 Å². The Balaban J connectivity index is 1.86. The fourth-order valence-corrected chi connectivity index (χ4v) is 4.09. The van der Waals surface area contributed by atoms with Gasteiger partial charge in [-0.3, -0.25) is 0 Å². The van der Waals surface area contributed by atoms with E-state index >= 15 is 0 Å². The molecule has 0 fully saturated rings. The molecule has 0 unspecified atom stereocenters. The second-order valence-electron chi connectivity index (χ2n) is 8.38. The summed E-state index contributed by atoms with van der Waals surface area (Å²) < 4.78 is 93.6. The summed E-state index contributed by atoms with van der Waals surface area (Å²) in [5.41, 5.74) is -0.404. The summed E-state index contributed by atoms with van der Waals surface area (Å²) in [6.45, 7) is 1.77. The molecule has 2 heterocycles. The van der Waals surface area contributed by atoms with Gasteiger partial charge >= 0.3 is 12.4 Å². The Hall–Kier alpha value is -3.17. The first-order valence-corrected chi connectivity index (χ1v) is 10.6. The largest absolute Gasteiger partial charge is 0.489 e. The number of benzene rings is 2. The number of anilines is 1. The quantitative estimate of drug-likeness (QED) is 0.392. The Labute approximate surface area is 192 Å². The van der Waals surface area contributed by atoms with E-state index in [1.54, 1.807) is 44.2 Å². The number of rotatable bonds is 5. The molecule has 0 radical (unpaired) electrons. The van der Waals surface area contributed by atoms with Gasteiger partial charge in [-0.2, -0.15) is 26.3 Å². The molecule has 0 amide bonds. The minimum Gasteiger partial charge on any atom is -0.489 e. The van der Waals surface area contributed by atoms with Crippen LogP contribution in [0.3, 0.4) is 0 Å². The van der Waals surface area contributed by atoms with E-state index in [0.717, 1.165) is 16.5 Å². The van der Waals surface area contributed by atoms with Crippen molar-refractivity contribution in [1.29, 1.82) is 0 Å². The second kappa shape index (κ2) is 8.88. The number of alkyl halides is 6. The smallest absolute Gasteiger partial charge is 0.417 e. The van der Waals surface area contributed by atoms with Gasteiger partial charge in [-0.1, -0.05) is 30.3 Å². The maximum absolute atomic E-state index is 14.0. The van der Waals surface area contributed by atoms with E-state index in [2.05, 4.69) is 4.98 Å².